The molecule has 90 valence electrons. The number of hydrogen-bond acceptors (Lipinski definition) is 4. The fourth-order valence-electron chi connectivity index (χ4n) is 1.40. The maximum absolute atomic E-state index is 8.66. The monoisotopic (exact) mass is 225 g/mol. The molecule has 0 spiro atoms. The molecule has 16 heavy (non-hydrogen) atoms. The summed E-state index contributed by atoms with van der Waals surface area (Å²) in [6.07, 6.45) is 1.75. The van der Waals surface area contributed by atoms with Gasteiger partial charge in [-0.1, -0.05) is 0 Å². The summed E-state index contributed by atoms with van der Waals surface area (Å²) in [5, 5.41) is 11.9. The van der Waals surface area contributed by atoms with Crippen LogP contribution >= 0.6 is 0 Å². The fraction of sp³-hybridized carbons (Fsp3) is 0.500. The molecule has 1 rings (SSSR count). The number of hydrogen-bond donors (Lipinski definition) is 2. The number of rotatable bonds is 7. The first kappa shape index (κ1) is 12.6. The second-order valence-electron chi connectivity index (χ2n) is 3.42. The van der Waals surface area contributed by atoms with E-state index in [0.29, 0.717) is 0 Å². The SMILES string of the molecule is COc1ccc(NCCCCO)c(OC)c1. The molecule has 2 N–H and O–H groups in total. The first-order valence-electron chi connectivity index (χ1n) is 5.38. The zero-order valence-electron chi connectivity index (χ0n) is 9.82. The van der Waals surface area contributed by atoms with Crippen LogP contribution in [0.1, 0.15) is 12.8 Å². The summed E-state index contributed by atoms with van der Waals surface area (Å²) in [6.45, 7) is 1.06. The van der Waals surface area contributed by atoms with Gasteiger partial charge in [-0.2, -0.15) is 0 Å². The third kappa shape index (κ3) is 3.62. The fourth-order valence-corrected chi connectivity index (χ4v) is 1.40. The number of benzene rings is 1. The Kier molecular flexibility index (Phi) is 5.50. The largest absolute Gasteiger partial charge is 0.497 e. The molecule has 0 fully saturated rings. The van der Waals surface area contributed by atoms with Gasteiger partial charge in [-0.05, 0) is 25.0 Å². The number of aliphatic hydroxyl groups is 1. The van der Waals surface area contributed by atoms with Gasteiger partial charge in [0.25, 0.3) is 0 Å². The predicted octanol–water partition coefficient (Wildman–Crippen LogP) is 1.89. The van der Waals surface area contributed by atoms with Gasteiger partial charge in [0.05, 0.1) is 19.9 Å². The molecule has 0 radical (unpaired) electrons. The van der Waals surface area contributed by atoms with Gasteiger partial charge in [0.2, 0.25) is 0 Å². The number of anilines is 1. The zero-order valence-corrected chi connectivity index (χ0v) is 9.82. The minimum absolute atomic E-state index is 0.238. The van der Waals surface area contributed by atoms with Crippen molar-refractivity contribution in [2.45, 2.75) is 12.8 Å². The van der Waals surface area contributed by atoms with Crippen molar-refractivity contribution in [3.63, 3.8) is 0 Å². The molecule has 1 aromatic rings. The Balaban J connectivity index is 2.57. The Morgan fingerprint density at radius 1 is 1.19 bits per heavy atom. The number of ether oxygens (including phenoxy) is 2. The van der Waals surface area contributed by atoms with Gasteiger partial charge >= 0.3 is 0 Å². The summed E-state index contributed by atoms with van der Waals surface area (Å²) in [7, 11) is 3.26. The molecule has 0 saturated carbocycles. The van der Waals surface area contributed by atoms with Crippen LogP contribution in [0.4, 0.5) is 5.69 Å². The van der Waals surface area contributed by atoms with Crippen LogP contribution in [0.5, 0.6) is 11.5 Å². The average Bonchev–Trinajstić information content (AvgIpc) is 2.34. The second-order valence-corrected chi connectivity index (χ2v) is 3.42. The van der Waals surface area contributed by atoms with E-state index in [4.69, 9.17) is 14.6 Å². The van der Waals surface area contributed by atoms with Crippen molar-refractivity contribution in [3.8, 4) is 11.5 Å². The third-order valence-electron chi connectivity index (χ3n) is 2.31. The van der Waals surface area contributed by atoms with Crippen LogP contribution in [0.15, 0.2) is 18.2 Å². The molecule has 0 aromatic heterocycles. The topological polar surface area (TPSA) is 50.7 Å². The maximum Gasteiger partial charge on any atom is 0.145 e. The standard InChI is InChI=1S/C12H19NO3/c1-15-10-5-6-11(12(9-10)16-2)13-7-3-4-8-14/h5-6,9,13-14H,3-4,7-8H2,1-2H3. The molecule has 0 heterocycles. The highest BCUT2D eigenvalue weighted by Crippen LogP contribution is 2.28. The van der Waals surface area contributed by atoms with E-state index in [2.05, 4.69) is 5.32 Å². The normalized spacial score (nSPS) is 9.94. The van der Waals surface area contributed by atoms with E-state index in [-0.39, 0.29) is 6.61 Å². The molecular formula is C12H19NO3. The molecule has 4 nitrogen and oxygen atoms in total. The van der Waals surface area contributed by atoms with Crippen LogP contribution in [0.2, 0.25) is 0 Å². The lowest BCUT2D eigenvalue weighted by Gasteiger charge is -2.12. The van der Waals surface area contributed by atoms with E-state index >= 15 is 0 Å². The lowest BCUT2D eigenvalue weighted by atomic mass is 10.2. The minimum atomic E-state index is 0.238. The Morgan fingerprint density at radius 2 is 2.00 bits per heavy atom. The van der Waals surface area contributed by atoms with Crippen molar-refractivity contribution in [1.82, 2.24) is 0 Å². The van der Waals surface area contributed by atoms with Crippen LogP contribution < -0.4 is 14.8 Å². The molecule has 0 aliphatic rings. The molecule has 4 heteroatoms. The first-order chi connectivity index (χ1) is 7.81. The van der Waals surface area contributed by atoms with Crippen LogP contribution in [0.25, 0.3) is 0 Å². The molecule has 0 unspecified atom stereocenters. The lowest BCUT2D eigenvalue weighted by molar-refractivity contribution is 0.286. The van der Waals surface area contributed by atoms with Gasteiger partial charge in [0, 0.05) is 19.2 Å². The number of nitrogens with one attached hydrogen (secondary N) is 1. The van der Waals surface area contributed by atoms with Crippen molar-refractivity contribution in [1.29, 1.82) is 0 Å². The Hall–Kier alpha value is -1.42. The molecule has 0 amide bonds. The van der Waals surface area contributed by atoms with Gasteiger partial charge in [-0.3, -0.25) is 0 Å². The molecule has 0 atom stereocenters. The Morgan fingerprint density at radius 3 is 2.62 bits per heavy atom. The molecule has 0 bridgehead atoms. The number of aliphatic hydroxyl groups excluding tert-OH is 1. The highest BCUT2D eigenvalue weighted by molar-refractivity contribution is 5.59. The van der Waals surface area contributed by atoms with Crippen LogP contribution in [-0.2, 0) is 0 Å². The summed E-state index contributed by atoms with van der Waals surface area (Å²) in [5.74, 6) is 1.54. The third-order valence-corrected chi connectivity index (χ3v) is 2.31. The van der Waals surface area contributed by atoms with Crippen molar-refractivity contribution >= 4 is 5.69 Å². The summed E-state index contributed by atoms with van der Waals surface area (Å²) in [5.41, 5.74) is 0.946. The zero-order chi connectivity index (χ0) is 11.8. The summed E-state index contributed by atoms with van der Waals surface area (Å²) in [6, 6.07) is 5.65. The van der Waals surface area contributed by atoms with E-state index in [1.807, 2.05) is 18.2 Å². The Labute approximate surface area is 96.2 Å². The van der Waals surface area contributed by atoms with Gasteiger partial charge in [0.1, 0.15) is 11.5 Å². The summed E-state index contributed by atoms with van der Waals surface area (Å²) < 4.78 is 10.4. The van der Waals surface area contributed by atoms with E-state index in [9.17, 15) is 0 Å². The lowest BCUT2D eigenvalue weighted by Crippen LogP contribution is -2.04. The molecular weight excluding hydrogens is 206 g/mol. The molecule has 0 aliphatic heterocycles. The van der Waals surface area contributed by atoms with E-state index < -0.39 is 0 Å². The minimum Gasteiger partial charge on any atom is -0.497 e. The van der Waals surface area contributed by atoms with E-state index in [1.165, 1.54) is 0 Å². The quantitative estimate of drug-likeness (QED) is 0.696. The maximum atomic E-state index is 8.66. The first-order valence-corrected chi connectivity index (χ1v) is 5.38. The van der Waals surface area contributed by atoms with Gasteiger partial charge in [0.15, 0.2) is 0 Å². The van der Waals surface area contributed by atoms with Crippen molar-refractivity contribution < 1.29 is 14.6 Å². The number of unbranched alkanes of at least 4 members (excludes halogenated alkanes) is 1. The van der Waals surface area contributed by atoms with Crippen molar-refractivity contribution in [3.05, 3.63) is 18.2 Å². The second kappa shape index (κ2) is 6.95. The predicted molar refractivity (Wildman–Crippen MR) is 64.4 cm³/mol. The number of methoxy groups -OCH3 is 2. The van der Waals surface area contributed by atoms with Crippen LogP contribution in [0, 0.1) is 0 Å². The Bertz CT molecular complexity index is 315. The van der Waals surface area contributed by atoms with Crippen LogP contribution in [0.3, 0.4) is 0 Å². The van der Waals surface area contributed by atoms with Gasteiger partial charge in [-0.25, -0.2) is 0 Å². The highest BCUT2D eigenvalue weighted by atomic mass is 16.5. The van der Waals surface area contributed by atoms with Crippen molar-refractivity contribution in [2.24, 2.45) is 0 Å². The highest BCUT2D eigenvalue weighted by Gasteiger charge is 2.03. The van der Waals surface area contributed by atoms with Gasteiger partial charge in [-0.15, -0.1) is 0 Å². The van der Waals surface area contributed by atoms with E-state index in [0.717, 1.165) is 36.6 Å². The smallest absolute Gasteiger partial charge is 0.145 e. The van der Waals surface area contributed by atoms with Crippen LogP contribution in [-0.4, -0.2) is 32.5 Å². The van der Waals surface area contributed by atoms with Gasteiger partial charge < -0.3 is 19.9 Å². The molecule has 0 aliphatic carbocycles. The van der Waals surface area contributed by atoms with E-state index in [1.54, 1.807) is 14.2 Å². The van der Waals surface area contributed by atoms with Crippen molar-refractivity contribution in [2.75, 3.05) is 32.7 Å². The summed E-state index contributed by atoms with van der Waals surface area (Å²) >= 11 is 0. The molecule has 0 saturated heterocycles. The summed E-state index contributed by atoms with van der Waals surface area (Å²) in [4.78, 5) is 0. The average molecular weight is 225 g/mol. The molecule has 1 aromatic carbocycles.